The maximum atomic E-state index is 12.4. The molecule has 0 spiro atoms. The van der Waals surface area contributed by atoms with Crippen LogP contribution in [0.1, 0.15) is 23.3 Å². The maximum Gasteiger partial charge on any atom is 0.224 e. The Balaban J connectivity index is 0.00000243. The monoisotopic (exact) mass is 395 g/mol. The lowest BCUT2D eigenvalue weighted by Gasteiger charge is -2.27. The average Bonchev–Trinajstić information content (AvgIpc) is 3.09. The van der Waals surface area contributed by atoms with Gasteiger partial charge in [0.1, 0.15) is 5.75 Å². The van der Waals surface area contributed by atoms with Crippen LogP contribution in [-0.2, 0) is 22.6 Å². The first kappa shape index (κ1) is 20.1. The highest BCUT2D eigenvalue weighted by molar-refractivity contribution is 7.10. The molecule has 3 N–H and O–H groups in total. The minimum atomic E-state index is -0.235. The van der Waals surface area contributed by atoms with E-state index in [1.807, 2.05) is 4.90 Å². The number of thiophene rings is 1. The zero-order valence-electron chi connectivity index (χ0n) is 14.5. The predicted molar refractivity (Wildman–Crippen MR) is 106 cm³/mol. The second kappa shape index (κ2) is 8.91. The van der Waals surface area contributed by atoms with Crippen LogP contribution in [0.5, 0.6) is 5.75 Å². The summed E-state index contributed by atoms with van der Waals surface area (Å²) in [5.74, 6) is 0.382. The summed E-state index contributed by atoms with van der Waals surface area (Å²) >= 11 is 1.74. The molecular formula is C18H22ClN3O3S. The molecule has 140 valence electrons. The largest absolute Gasteiger partial charge is 0.497 e. The smallest absolute Gasteiger partial charge is 0.224 e. The number of nitrogens with one attached hydrogen (secondary N) is 1. The minimum absolute atomic E-state index is 0. The summed E-state index contributed by atoms with van der Waals surface area (Å²) in [7, 11) is 1.55. The zero-order chi connectivity index (χ0) is 17.8. The van der Waals surface area contributed by atoms with Gasteiger partial charge in [0, 0.05) is 36.9 Å². The number of ether oxygens (including phenoxy) is 1. The van der Waals surface area contributed by atoms with Gasteiger partial charge in [-0.15, -0.1) is 23.7 Å². The van der Waals surface area contributed by atoms with Gasteiger partial charge in [0.25, 0.3) is 0 Å². The molecule has 0 bridgehead atoms. The van der Waals surface area contributed by atoms with E-state index in [4.69, 9.17) is 10.5 Å². The van der Waals surface area contributed by atoms with Crippen molar-refractivity contribution in [1.29, 1.82) is 0 Å². The van der Waals surface area contributed by atoms with Crippen LogP contribution >= 0.6 is 23.7 Å². The number of methoxy groups -OCH3 is 1. The number of hydrogen-bond donors (Lipinski definition) is 2. The first-order valence-corrected chi connectivity index (χ1v) is 9.01. The van der Waals surface area contributed by atoms with Crippen molar-refractivity contribution in [2.75, 3.05) is 24.7 Å². The van der Waals surface area contributed by atoms with E-state index < -0.39 is 0 Å². The van der Waals surface area contributed by atoms with E-state index in [0.717, 1.165) is 13.0 Å². The van der Waals surface area contributed by atoms with Gasteiger partial charge in [0.15, 0.2) is 0 Å². The SMILES string of the molecule is COc1ccc(N)c(NC(=O)CCC(=O)N2CCc3sccc3C2)c1.Cl. The highest BCUT2D eigenvalue weighted by Gasteiger charge is 2.21. The molecule has 8 heteroatoms. The second-order valence-electron chi connectivity index (χ2n) is 5.94. The fourth-order valence-electron chi connectivity index (χ4n) is 2.82. The maximum absolute atomic E-state index is 12.4. The first-order valence-electron chi connectivity index (χ1n) is 8.13. The Hall–Kier alpha value is -2.25. The summed E-state index contributed by atoms with van der Waals surface area (Å²) in [6.07, 6.45) is 1.21. The molecular weight excluding hydrogens is 374 g/mol. The molecule has 26 heavy (non-hydrogen) atoms. The third kappa shape index (κ3) is 4.68. The van der Waals surface area contributed by atoms with E-state index in [1.54, 1.807) is 36.6 Å². The number of nitrogen functional groups attached to an aromatic ring is 1. The molecule has 0 unspecified atom stereocenters. The summed E-state index contributed by atoms with van der Waals surface area (Å²) in [5.41, 5.74) is 8.03. The average molecular weight is 396 g/mol. The molecule has 1 aromatic heterocycles. The molecule has 0 saturated carbocycles. The fourth-order valence-corrected chi connectivity index (χ4v) is 3.71. The van der Waals surface area contributed by atoms with Gasteiger partial charge in [-0.3, -0.25) is 9.59 Å². The van der Waals surface area contributed by atoms with Crippen molar-refractivity contribution in [1.82, 2.24) is 4.90 Å². The standard InChI is InChI=1S/C18H21N3O3S.ClH/c1-24-13-2-3-14(19)15(10-13)20-17(22)4-5-18(23)21-8-6-16-12(11-21)7-9-25-16;/h2-3,7,9-10H,4-6,8,11,19H2,1H3,(H,20,22);1H. The van der Waals surface area contributed by atoms with Gasteiger partial charge in [-0.05, 0) is 35.6 Å². The molecule has 0 aliphatic carbocycles. The lowest BCUT2D eigenvalue weighted by atomic mass is 10.1. The van der Waals surface area contributed by atoms with Gasteiger partial charge in [-0.25, -0.2) is 0 Å². The van der Waals surface area contributed by atoms with Gasteiger partial charge >= 0.3 is 0 Å². The van der Waals surface area contributed by atoms with Crippen molar-refractivity contribution < 1.29 is 14.3 Å². The Bertz CT molecular complexity index is 794. The Labute approximate surface area is 162 Å². The van der Waals surface area contributed by atoms with Crippen molar-refractivity contribution in [3.8, 4) is 5.75 Å². The molecule has 1 aromatic carbocycles. The van der Waals surface area contributed by atoms with Gasteiger partial charge in [0.05, 0.1) is 18.5 Å². The Morgan fingerprint density at radius 2 is 2.12 bits per heavy atom. The number of anilines is 2. The quantitative estimate of drug-likeness (QED) is 0.762. The summed E-state index contributed by atoms with van der Waals surface area (Å²) in [6.45, 7) is 1.36. The molecule has 0 fully saturated rings. The lowest BCUT2D eigenvalue weighted by Crippen LogP contribution is -2.35. The Morgan fingerprint density at radius 3 is 2.88 bits per heavy atom. The van der Waals surface area contributed by atoms with Crippen LogP contribution in [0.25, 0.3) is 0 Å². The number of carbonyl (C=O) groups is 2. The number of halogens is 1. The number of nitrogens with two attached hydrogens (primary N) is 1. The molecule has 0 radical (unpaired) electrons. The van der Waals surface area contributed by atoms with Gasteiger partial charge in [0.2, 0.25) is 11.8 Å². The highest BCUT2D eigenvalue weighted by atomic mass is 35.5. The summed E-state index contributed by atoms with van der Waals surface area (Å²) < 4.78 is 5.12. The second-order valence-corrected chi connectivity index (χ2v) is 6.94. The number of carbonyl (C=O) groups excluding carboxylic acids is 2. The van der Waals surface area contributed by atoms with Crippen LogP contribution in [0, 0.1) is 0 Å². The molecule has 1 aliphatic rings. The normalized spacial score (nSPS) is 12.7. The molecule has 3 rings (SSSR count). The summed E-state index contributed by atoms with van der Waals surface area (Å²) in [6, 6.07) is 7.13. The molecule has 2 heterocycles. The van der Waals surface area contributed by atoms with Crippen LogP contribution in [0.15, 0.2) is 29.6 Å². The molecule has 2 aromatic rings. The molecule has 2 amide bonds. The number of rotatable bonds is 5. The molecule has 1 aliphatic heterocycles. The van der Waals surface area contributed by atoms with Crippen molar-refractivity contribution in [3.63, 3.8) is 0 Å². The first-order chi connectivity index (χ1) is 12.1. The highest BCUT2D eigenvalue weighted by Crippen LogP contribution is 2.26. The minimum Gasteiger partial charge on any atom is -0.497 e. The van der Waals surface area contributed by atoms with Crippen LogP contribution in [0.3, 0.4) is 0 Å². The Kier molecular flexibility index (Phi) is 6.88. The van der Waals surface area contributed by atoms with E-state index in [-0.39, 0.29) is 37.1 Å². The number of benzene rings is 1. The number of amides is 2. The Morgan fingerprint density at radius 1 is 1.31 bits per heavy atom. The lowest BCUT2D eigenvalue weighted by molar-refractivity contribution is -0.133. The molecule has 0 saturated heterocycles. The summed E-state index contributed by atoms with van der Waals surface area (Å²) in [4.78, 5) is 27.7. The zero-order valence-corrected chi connectivity index (χ0v) is 16.1. The van der Waals surface area contributed by atoms with Gasteiger partial charge in [-0.2, -0.15) is 0 Å². The third-order valence-electron chi connectivity index (χ3n) is 4.26. The van der Waals surface area contributed by atoms with E-state index in [1.165, 1.54) is 10.4 Å². The van der Waals surface area contributed by atoms with Crippen LogP contribution in [0.2, 0.25) is 0 Å². The van der Waals surface area contributed by atoms with Crippen molar-refractivity contribution >= 4 is 46.9 Å². The van der Waals surface area contributed by atoms with Crippen molar-refractivity contribution in [2.45, 2.75) is 25.8 Å². The van der Waals surface area contributed by atoms with Crippen LogP contribution in [0.4, 0.5) is 11.4 Å². The number of hydrogen-bond acceptors (Lipinski definition) is 5. The van der Waals surface area contributed by atoms with Gasteiger partial charge in [-0.1, -0.05) is 0 Å². The van der Waals surface area contributed by atoms with Gasteiger partial charge < -0.3 is 20.7 Å². The van der Waals surface area contributed by atoms with E-state index in [9.17, 15) is 9.59 Å². The van der Waals surface area contributed by atoms with Crippen molar-refractivity contribution in [2.24, 2.45) is 0 Å². The van der Waals surface area contributed by atoms with E-state index in [2.05, 4.69) is 16.8 Å². The van der Waals surface area contributed by atoms with E-state index >= 15 is 0 Å². The van der Waals surface area contributed by atoms with Crippen LogP contribution < -0.4 is 15.8 Å². The fraction of sp³-hybridized carbons (Fsp3) is 0.333. The predicted octanol–water partition coefficient (Wildman–Crippen LogP) is 3.06. The molecule has 6 nitrogen and oxygen atoms in total. The molecule has 0 atom stereocenters. The summed E-state index contributed by atoms with van der Waals surface area (Å²) in [5, 5.41) is 4.80. The number of nitrogens with zero attached hydrogens (tertiary/aromatic N) is 1. The van der Waals surface area contributed by atoms with Crippen molar-refractivity contribution in [3.05, 3.63) is 40.1 Å². The van der Waals surface area contributed by atoms with Crippen LogP contribution in [-0.4, -0.2) is 30.4 Å². The number of fused-ring (bicyclic) bond motifs is 1. The topological polar surface area (TPSA) is 84.7 Å². The third-order valence-corrected chi connectivity index (χ3v) is 5.28. The van der Waals surface area contributed by atoms with E-state index in [0.29, 0.717) is 23.7 Å².